The van der Waals surface area contributed by atoms with Gasteiger partial charge >= 0.3 is 0 Å². The molecule has 0 fully saturated rings. The van der Waals surface area contributed by atoms with Gasteiger partial charge in [-0.05, 0) is 36.7 Å². The summed E-state index contributed by atoms with van der Waals surface area (Å²) in [5, 5.41) is 4.37. The number of nitrogens with one attached hydrogen (secondary N) is 1. The molecular formula is C18H18N2. The van der Waals surface area contributed by atoms with Crippen LogP contribution < -0.4 is 5.32 Å². The van der Waals surface area contributed by atoms with E-state index in [-0.39, 0.29) is 0 Å². The smallest absolute Gasteiger partial charge is 0.0780 e. The Morgan fingerprint density at radius 3 is 2.65 bits per heavy atom. The Balaban J connectivity index is 2.16. The second-order valence-corrected chi connectivity index (χ2v) is 5.06. The van der Waals surface area contributed by atoms with Crippen molar-refractivity contribution in [2.24, 2.45) is 0 Å². The van der Waals surface area contributed by atoms with Gasteiger partial charge in [-0.3, -0.25) is 4.98 Å². The van der Waals surface area contributed by atoms with Gasteiger partial charge < -0.3 is 5.32 Å². The molecule has 1 N–H and O–H groups in total. The number of para-hydroxylation sites is 1. The lowest BCUT2D eigenvalue weighted by Gasteiger charge is -2.11. The van der Waals surface area contributed by atoms with Crippen LogP contribution in [-0.4, -0.2) is 12.0 Å². The van der Waals surface area contributed by atoms with E-state index < -0.39 is 0 Å². The summed E-state index contributed by atoms with van der Waals surface area (Å²) >= 11 is 0. The molecule has 100 valence electrons. The van der Waals surface area contributed by atoms with Gasteiger partial charge in [0, 0.05) is 23.7 Å². The molecule has 1 heterocycles. The first-order valence-corrected chi connectivity index (χ1v) is 6.88. The van der Waals surface area contributed by atoms with Crippen molar-refractivity contribution in [3.05, 3.63) is 65.9 Å². The zero-order valence-corrected chi connectivity index (χ0v) is 11.9. The molecule has 0 saturated carbocycles. The Hall–Kier alpha value is -2.19. The summed E-state index contributed by atoms with van der Waals surface area (Å²) in [7, 11) is 1.97. The summed E-state index contributed by atoms with van der Waals surface area (Å²) in [6.45, 7) is 3.06. The number of fused-ring (bicyclic) bond motifs is 1. The molecule has 0 saturated heterocycles. The molecule has 3 aromatic rings. The minimum Gasteiger partial charge on any atom is -0.316 e. The van der Waals surface area contributed by atoms with E-state index in [2.05, 4.69) is 59.7 Å². The number of nitrogens with zero attached hydrogens (tertiary/aromatic N) is 1. The highest BCUT2D eigenvalue weighted by Gasteiger charge is 2.07. The molecule has 2 nitrogen and oxygen atoms in total. The molecule has 0 unspecified atom stereocenters. The second-order valence-electron chi connectivity index (χ2n) is 5.06. The molecule has 2 aromatic carbocycles. The Morgan fingerprint density at radius 1 is 1.00 bits per heavy atom. The van der Waals surface area contributed by atoms with Crippen LogP contribution in [-0.2, 0) is 6.54 Å². The largest absolute Gasteiger partial charge is 0.316 e. The Morgan fingerprint density at radius 2 is 1.85 bits per heavy atom. The highest BCUT2D eigenvalue weighted by Crippen LogP contribution is 2.29. The Kier molecular flexibility index (Phi) is 3.48. The van der Waals surface area contributed by atoms with Crippen molar-refractivity contribution in [1.29, 1.82) is 0 Å². The molecule has 2 heteroatoms. The lowest BCUT2D eigenvalue weighted by atomic mass is 9.96. The predicted octanol–water partition coefficient (Wildman–Crippen LogP) is 3.93. The van der Waals surface area contributed by atoms with Crippen LogP contribution in [0.4, 0.5) is 0 Å². The number of aromatic nitrogens is 1. The maximum absolute atomic E-state index is 4.55. The van der Waals surface area contributed by atoms with Gasteiger partial charge in [0.15, 0.2) is 0 Å². The fourth-order valence-electron chi connectivity index (χ4n) is 2.66. The van der Waals surface area contributed by atoms with E-state index in [0.717, 1.165) is 12.1 Å². The molecule has 0 atom stereocenters. The molecule has 0 radical (unpaired) electrons. The van der Waals surface area contributed by atoms with Crippen molar-refractivity contribution in [2.45, 2.75) is 13.5 Å². The summed E-state index contributed by atoms with van der Waals surface area (Å²) < 4.78 is 0. The van der Waals surface area contributed by atoms with E-state index in [4.69, 9.17) is 0 Å². The van der Waals surface area contributed by atoms with Crippen LogP contribution in [0.3, 0.4) is 0 Å². The predicted molar refractivity (Wildman–Crippen MR) is 84.7 cm³/mol. The normalized spacial score (nSPS) is 10.9. The number of rotatable bonds is 3. The summed E-state index contributed by atoms with van der Waals surface area (Å²) in [6, 6.07) is 17.1. The molecule has 0 aliphatic rings. The van der Waals surface area contributed by atoms with E-state index in [1.54, 1.807) is 0 Å². The summed E-state index contributed by atoms with van der Waals surface area (Å²) in [5.74, 6) is 0. The van der Waals surface area contributed by atoms with Gasteiger partial charge in [-0.1, -0.05) is 42.5 Å². The highest BCUT2D eigenvalue weighted by atomic mass is 14.8. The topological polar surface area (TPSA) is 24.9 Å². The van der Waals surface area contributed by atoms with Crippen LogP contribution in [0.5, 0.6) is 0 Å². The standard InChI is InChI=1S/C18H18N2/c1-13-11-14(12-19-2)8-9-16(13)17-7-3-5-15-6-4-10-20-18(15)17/h3-11,19H,12H2,1-2H3. The first-order chi connectivity index (χ1) is 9.79. The SMILES string of the molecule is CNCc1ccc(-c2cccc3cccnc23)c(C)c1. The van der Waals surface area contributed by atoms with E-state index in [1.165, 1.54) is 27.6 Å². The van der Waals surface area contributed by atoms with Crippen molar-refractivity contribution in [3.63, 3.8) is 0 Å². The van der Waals surface area contributed by atoms with E-state index in [9.17, 15) is 0 Å². The number of benzene rings is 2. The Labute approximate surface area is 119 Å². The van der Waals surface area contributed by atoms with Crippen molar-refractivity contribution < 1.29 is 0 Å². The van der Waals surface area contributed by atoms with Crippen LogP contribution in [0.15, 0.2) is 54.7 Å². The fraction of sp³-hybridized carbons (Fsp3) is 0.167. The van der Waals surface area contributed by atoms with Gasteiger partial charge in [0.2, 0.25) is 0 Å². The highest BCUT2D eigenvalue weighted by molar-refractivity contribution is 5.94. The molecule has 0 bridgehead atoms. The monoisotopic (exact) mass is 262 g/mol. The van der Waals surface area contributed by atoms with Crippen LogP contribution >= 0.6 is 0 Å². The van der Waals surface area contributed by atoms with Gasteiger partial charge in [0.05, 0.1) is 5.52 Å². The van der Waals surface area contributed by atoms with Crippen molar-refractivity contribution in [3.8, 4) is 11.1 Å². The quantitative estimate of drug-likeness (QED) is 0.773. The average molecular weight is 262 g/mol. The van der Waals surface area contributed by atoms with Crippen molar-refractivity contribution in [2.75, 3.05) is 7.05 Å². The lowest BCUT2D eigenvalue weighted by Crippen LogP contribution is -2.05. The average Bonchev–Trinajstić information content (AvgIpc) is 2.47. The first-order valence-electron chi connectivity index (χ1n) is 6.88. The molecule has 0 spiro atoms. The van der Waals surface area contributed by atoms with Crippen LogP contribution in [0.1, 0.15) is 11.1 Å². The maximum atomic E-state index is 4.55. The zero-order valence-electron chi connectivity index (χ0n) is 11.9. The number of aryl methyl sites for hydroxylation is 1. The third-order valence-corrected chi connectivity index (χ3v) is 3.59. The minimum atomic E-state index is 0.898. The van der Waals surface area contributed by atoms with E-state index >= 15 is 0 Å². The van der Waals surface area contributed by atoms with Gasteiger partial charge in [-0.2, -0.15) is 0 Å². The molecule has 3 rings (SSSR count). The van der Waals surface area contributed by atoms with E-state index in [1.807, 2.05) is 19.3 Å². The van der Waals surface area contributed by atoms with E-state index in [0.29, 0.717) is 0 Å². The second kappa shape index (κ2) is 5.43. The fourth-order valence-corrected chi connectivity index (χ4v) is 2.66. The Bertz CT molecular complexity index is 742. The molecule has 20 heavy (non-hydrogen) atoms. The van der Waals surface area contributed by atoms with Gasteiger partial charge in [-0.15, -0.1) is 0 Å². The van der Waals surface area contributed by atoms with Gasteiger partial charge in [0.25, 0.3) is 0 Å². The first kappa shape index (κ1) is 12.8. The molecule has 0 aliphatic carbocycles. The molecule has 0 amide bonds. The summed E-state index contributed by atoms with van der Waals surface area (Å²) in [5.41, 5.74) is 6.13. The molecule has 1 aromatic heterocycles. The lowest BCUT2D eigenvalue weighted by molar-refractivity contribution is 0.817. The van der Waals surface area contributed by atoms with Gasteiger partial charge in [-0.25, -0.2) is 0 Å². The van der Waals surface area contributed by atoms with Crippen molar-refractivity contribution >= 4 is 10.9 Å². The molecule has 0 aliphatic heterocycles. The summed E-state index contributed by atoms with van der Waals surface area (Å²) in [6.07, 6.45) is 1.86. The number of hydrogen-bond donors (Lipinski definition) is 1. The third-order valence-electron chi connectivity index (χ3n) is 3.59. The summed E-state index contributed by atoms with van der Waals surface area (Å²) in [4.78, 5) is 4.55. The van der Waals surface area contributed by atoms with Crippen LogP contribution in [0, 0.1) is 6.92 Å². The third kappa shape index (κ3) is 2.30. The van der Waals surface area contributed by atoms with Crippen LogP contribution in [0.25, 0.3) is 22.0 Å². The number of hydrogen-bond acceptors (Lipinski definition) is 2. The van der Waals surface area contributed by atoms with Gasteiger partial charge in [0.1, 0.15) is 0 Å². The van der Waals surface area contributed by atoms with Crippen LogP contribution in [0.2, 0.25) is 0 Å². The maximum Gasteiger partial charge on any atom is 0.0780 e. The minimum absolute atomic E-state index is 0.898. The zero-order chi connectivity index (χ0) is 13.9. The molecular weight excluding hydrogens is 244 g/mol. The number of pyridine rings is 1. The van der Waals surface area contributed by atoms with Crippen molar-refractivity contribution in [1.82, 2.24) is 10.3 Å².